The van der Waals surface area contributed by atoms with Crippen LogP contribution in [-0.4, -0.2) is 50.6 Å². The van der Waals surface area contributed by atoms with Gasteiger partial charge in [0.15, 0.2) is 5.96 Å². The Balaban J connectivity index is 2.24. The van der Waals surface area contributed by atoms with E-state index in [1.807, 2.05) is 0 Å². The van der Waals surface area contributed by atoms with Gasteiger partial charge in [-0.3, -0.25) is 9.79 Å². The highest BCUT2D eigenvalue weighted by atomic mass is 32.1. The fraction of sp³-hybridized carbons (Fsp3) is 0.667. The van der Waals surface area contributed by atoms with E-state index < -0.39 is 0 Å². The van der Waals surface area contributed by atoms with Gasteiger partial charge in [0.05, 0.1) is 7.11 Å². The number of carbonyl (C=O) groups excluding carboxylic acids is 1. The Morgan fingerprint density at radius 2 is 2.12 bits per heavy atom. The summed E-state index contributed by atoms with van der Waals surface area (Å²) in [6.45, 7) is 4.76. The van der Waals surface area contributed by atoms with Crippen LogP contribution in [0.4, 0.5) is 0 Å². The molecule has 0 saturated carbocycles. The van der Waals surface area contributed by atoms with Gasteiger partial charge in [-0.1, -0.05) is 18.9 Å². The van der Waals surface area contributed by atoms with Crippen LogP contribution >= 0.6 is 11.3 Å². The Hall–Kier alpha value is -1.56. The molecule has 6 heteroatoms. The summed E-state index contributed by atoms with van der Waals surface area (Å²) in [5, 5.41) is 5.48. The van der Waals surface area contributed by atoms with Gasteiger partial charge in [-0.05, 0) is 37.6 Å². The number of likely N-dealkylation sites (N-methyl/N-ethyl adjacent to an activating group) is 1. The van der Waals surface area contributed by atoms with Crippen molar-refractivity contribution < 1.29 is 9.53 Å². The highest BCUT2D eigenvalue weighted by Crippen LogP contribution is 2.09. The molecule has 0 radical (unpaired) electrons. The van der Waals surface area contributed by atoms with Crippen molar-refractivity contribution in [2.24, 2.45) is 4.99 Å². The van der Waals surface area contributed by atoms with Gasteiger partial charge in [0.25, 0.3) is 0 Å². The van der Waals surface area contributed by atoms with Crippen LogP contribution in [0.5, 0.6) is 0 Å². The van der Waals surface area contributed by atoms with E-state index in [4.69, 9.17) is 4.99 Å². The number of hydrogen-bond acceptors (Lipinski definition) is 4. The molecule has 0 atom stereocenters. The summed E-state index contributed by atoms with van der Waals surface area (Å²) >= 11 is 1.80. The van der Waals surface area contributed by atoms with E-state index in [1.54, 1.807) is 11.3 Å². The number of esters is 1. The molecule has 5 nitrogen and oxygen atoms in total. The lowest BCUT2D eigenvalue weighted by Crippen LogP contribution is -2.40. The van der Waals surface area contributed by atoms with E-state index in [0.29, 0.717) is 6.42 Å². The second kappa shape index (κ2) is 12.8. The first-order chi connectivity index (χ1) is 11.7. The predicted octanol–water partition coefficient (Wildman–Crippen LogP) is 3.31. The van der Waals surface area contributed by atoms with Crippen molar-refractivity contribution in [3.63, 3.8) is 0 Å². The SMILES string of the molecule is CCNC(=NCCCCCCC(=O)OC)N(C)CCc1cccs1. The number of guanidine groups is 1. The monoisotopic (exact) mass is 353 g/mol. The standard InChI is InChI=1S/C18H31N3O2S/c1-4-19-18(21(2)14-12-16-10-9-15-24-16)20-13-8-6-5-7-11-17(22)23-3/h9-10,15H,4-8,11-14H2,1-3H3,(H,19,20). The molecule has 0 saturated heterocycles. The zero-order valence-electron chi connectivity index (χ0n) is 15.2. The van der Waals surface area contributed by atoms with Crippen LogP contribution in [0.2, 0.25) is 0 Å². The fourth-order valence-electron chi connectivity index (χ4n) is 2.33. The van der Waals surface area contributed by atoms with E-state index in [-0.39, 0.29) is 5.97 Å². The van der Waals surface area contributed by atoms with E-state index in [2.05, 4.69) is 46.4 Å². The highest BCUT2D eigenvalue weighted by molar-refractivity contribution is 7.09. The number of carbonyl (C=O) groups is 1. The average Bonchev–Trinajstić information content (AvgIpc) is 3.11. The van der Waals surface area contributed by atoms with E-state index >= 15 is 0 Å². The van der Waals surface area contributed by atoms with E-state index in [0.717, 1.165) is 57.7 Å². The average molecular weight is 354 g/mol. The number of ether oxygens (including phenoxy) is 1. The second-order valence-electron chi connectivity index (χ2n) is 5.73. The predicted molar refractivity (Wildman–Crippen MR) is 102 cm³/mol. The summed E-state index contributed by atoms with van der Waals surface area (Å²) in [5.74, 6) is 0.860. The van der Waals surface area contributed by atoms with Gasteiger partial charge in [0.1, 0.15) is 0 Å². The Morgan fingerprint density at radius 3 is 2.79 bits per heavy atom. The number of aliphatic imine (C=N–C) groups is 1. The molecule has 1 aromatic heterocycles. The van der Waals surface area contributed by atoms with Gasteiger partial charge in [-0.2, -0.15) is 0 Å². The van der Waals surface area contributed by atoms with Gasteiger partial charge in [-0.25, -0.2) is 0 Å². The second-order valence-corrected chi connectivity index (χ2v) is 6.76. The van der Waals surface area contributed by atoms with Crippen LogP contribution in [0.1, 0.15) is 43.9 Å². The van der Waals surface area contributed by atoms with Gasteiger partial charge >= 0.3 is 5.97 Å². The molecule has 0 aromatic carbocycles. The van der Waals surface area contributed by atoms with Crippen molar-refractivity contribution in [2.75, 3.05) is 33.8 Å². The molecule has 0 aliphatic heterocycles. The fourth-order valence-corrected chi connectivity index (χ4v) is 3.03. The molecule has 136 valence electrons. The van der Waals surface area contributed by atoms with Crippen LogP contribution in [0.15, 0.2) is 22.5 Å². The Bertz CT molecular complexity index is 475. The first kappa shape index (κ1) is 20.5. The van der Waals surface area contributed by atoms with Gasteiger partial charge in [0, 0.05) is 38.0 Å². The summed E-state index contributed by atoms with van der Waals surface area (Å²) in [4.78, 5) is 19.3. The molecule has 0 fully saturated rings. The molecule has 1 N–H and O–H groups in total. The Labute approximate surface area is 150 Å². The minimum atomic E-state index is -0.116. The molecule has 0 aliphatic rings. The summed E-state index contributed by atoms with van der Waals surface area (Å²) in [6.07, 6.45) is 5.67. The molecule has 24 heavy (non-hydrogen) atoms. The molecule has 1 heterocycles. The lowest BCUT2D eigenvalue weighted by atomic mass is 10.1. The molecule has 0 unspecified atom stereocenters. The number of nitrogens with one attached hydrogen (secondary N) is 1. The van der Waals surface area contributed by atoms with Crippen molar-refractivity contribution in [2.45, 2.75) is 45.4 Å². The van der Waals surface area contributed by atoms with Gasteiger partial charge in [-0.15, -0.1) is 11.3 Å². The number of thiophene rings is 1. The van der Waals surface area contributed by atoms with Crippen LogP contribution in [0.25, 0.3) is 0 Å². The van der Waals surface area contributed by atoms with Gasteiger partial charge in [0.2, 0.25) is 0 Å². The molecule has 1 aromatic rings. The van der Waals surface area contributed by atoms with Crippen molar-refractivity contribution in [3.05, 3.63) is 22.4 Å². The normalized spacial score (nSPS) is 11.4. The Kier molecular flexibility index (Phi) is 10.9. The molecule has 0 amide bonds. The lowest BCUT2D eigenvalue weighted by Gasteiger charge is -2.21. The molecule has 0 spiro atoms. The number of methoxy groups -OCH3 is 1. The third-order valence-electron chi connectivity index (χ3n) is 3.75. The van der Waals surface area contributed by atoms with Crippen LogP contribution in [0, 0.1) is 0 Å². The largest absolute Gasteiger partial charge is 0.469 e. The third-order valence-corrected chi connectivity index (χ3v) is 4.68. The highest BCUT2D eigenvalue weighted by Gasteiger charge is 2.06. The maximum Gasteiger partial charge on any atom is 0.305 e. The molecular weight excluding hydrogens is 322 g/mol. The quantitative estimate of drug-likeness (QED) is 0.287. The van der Waals surface area contributed by atoms with Gasteiger partial charge < -0.3 is 15.0 Å². The molecular formula is C18H31N3O2S. The lowest BCUT2D eigenvalue weighted by molar-refractivity contribution is -0.140. The van der Waals surface area contributed by atoms with Crippen molar-refractivity contribution >= 4 is 23.3 Å². The maximum absolute atomic E-state index is 11.0. The van der Waals surface area contributed by atoms with Crippen LogP contribution in [0.3, 0.4) is 0 Å². The first-order valence-corrected chi connectivity index (χ1v) is 9.64. The summed E-state index contributed by atoms with van der Waals surface area (Å²) in [6, 6.07) is 4.27. The molecule has 1 rings (SSSR count). The van der Waals surface area contributed by atoms with E-state index in [9.17, 15) is 4.79 Å². The third kappa shape index (κ3) is 8.91. The summed E-state index contributed by atoms with van der Waals surface area (Å²) < 4.78 is 4.64. The summed E-state index contributed by atoms with van der Waals surface area (Å²) in [7, 11) is 3.53. The van der Waals surface area contributed by atoms with Crippen molar-refractivity contribution in [1.82, 2.24) is 10.2 Å². The van der Waals surface area contributed by atoms with Crippen LogP contribution in [-0.2, 0) is 16.0 Å². The number of nitrogens with zero attached hydrogens (tertiary/aromatic N) is 2. The van der Waals surface area contributed by atoms with Crippen molar-refractivity contribution in [1.29, 1.82) is 0 Å². The Morgan fingerprint density at radius 1 is 1.33 bits per heavy atom. The number of unbranched alkanes of at least 4 members (excludes halogenated alkanes) is 3. The molecule has 0 aliphatic carbocycles. The smallest absolute Gasteiger partial charge is 0.305 e. The van der Waals surface area contributed by atoms with E-state index in [1.165, 1.54) is 12.0 Å². The minimum Gasteiger partial charge on any atom is -0.469 e. The van der Waals surface area contributed by atoms with Crippen LogP contribution < -0.4 is 5.32 Å². The molecule has 0 bridgehead atoms. The number of rotatable bonds is 11. The summed E-state index contributed by atoms with van der Waals surface area (Å²) in [5.41, 5.74) is 0. The first-order valence-electron chi connectivity index (χ1n) is 8.76. The van der Waals surface area contributed by atoms with Crippen molar-refractivity contribution in [3.8, 4) is 0 Å². The zero-order chi connectivity index (χ0) is 17.6. The minimum absolute atomic E-state index is 0.116. The topological polar surface area (TPSA) is 53.9 Å². The zero-order valence-corrected chi connectivity index (χ0v) is 16.0. The maximum atomic E-state index is 11.0. The number of hydrogen-bond donors (Lipinski definition) is 1.